The van der Waals surface area contributed by atoms with Crippen LogP contribution in [-0.2, 0) is 6.18 Å². The van der Waals surface area contributed by atoms with Crippen molar-refractivity contribution in [3.63, 3.8) is 0 Å². The highest BCUT2D eigenvalue weighted by Gasteiger charge is 2.36. The summed E-state index contributed by atoms with van der Waals surface area (Å²) in [5.41, 5.74) is -0.807. The monoisotopic (exact) mass is 423 g/mol. The molecule has 1 N–H and O–H groups in total. The summed E-state index contributed by atoms with van der Waals surface area (Å²) in [6.07, 6.45) is -2.42. The molecule has 0 spiro atoms. The van der Waals surface area contributed by atoms with Gasteiger partial charge >= 0.3 is 6.18 Å². The number of hydrogen-bond donors (Lipinski definition) is 1. The molecule has 1 amide bonds. The highest BCUT2D eigenvalue weighted by Crippen LogP contribution is 2.34. The molecule has 0 aliphatic carbocycles. The SMILES string of the molecule is O=C(Nc1ccon1)c1cnn2c(C(F)(F)F)cc(-c3cccc4ccccc34)nc12. The maximum Gasteiger partial charge on any atom is 0.433 e. The third kappa shape index (κ3) is 3.27. The van der Waals surface area contributed by atoms with Gasteiger partial charge in [0.15, 0.2) is 17.2 Å². The summed E-state index contributed by atoms with van der Waals surface area (Å²) >= 11 is 0. The van der Waals surface area contributed by atoms with Gasteiger partial charge in [-0.15, -0.1) is 0 Å². The number of alkyl halides is 3. The molecule has 3 aromatic heterocycles. The lowest BCUT2D eigenvalue weighted by Crippen LogP contribution is -2.16. The van der Waals surface area contributed by atoms with E-state index in [9.17, 15) is 18.0 Å². The van der Waals surface area contributed by atoms with Crippen molar-refractivity contribution in [2.24, 2.45) is 0 Å². The van der Waals surface area contributed by atoms with E-state index in [-0.39, 0.29) is 22.7 Å². The van der Waals surface area contributed by atoms with Crippen LogP contribution in [0.2, 0.25) is 0 Å². The summed E-state index contributed by atoms with van der Waals surface area (Å²) in [6.45, 7) is 0. The van der Waals surface area contributed by atoms with E-state index in [0.29, 0.717) is 10.1 Å². The molecule has 10 heteroatoms. The van der Waals surface area contributed by atoms with Crippen LogP contribution in [0.15, 0.2) is 71.6 Å². The summed E-state index contributed by atoms with van der Waals surface area (Å²) in [7, 11) is 0. The Labute approximate surface area is 172 Å². The maximum absolute atomic E-state index is 13.8. The summed E-state index contributed by atoms with van der Waals surface area (Å²) in [6, 6.07) is 14.9. The van der Waals surface area contributed by atoms with Gasteiger partial charge in [-0.1, -0.05) is 47.6 Å². The molecule has 0 bridgehead atoms. The zero-order chi connectivity index (χ0) is 21.6. The van der Waals surface area contributed by atoms with E-state index in [1.807, 2.05) is 18.2 Å². The number of carbonyl (C=O) groups is 1. The minimum Gasteiger partial charge on any atom is -0.363 e. The Bertz CT molecular complexity index is 1420. The number of carbonyl (C=O) groups excluding carboxylic acids is 1. The number of benzene rings is 2. The molecule has 5 aromatic rings. The molecule has 154 valence electrons. The van der Waals surface area contributed by atoms with Crippen LogP contribution in [0.5, 0.6) is 0 Å². The number of hydrogen-bond acceptors (Lipinski definition) is 5. The summed E-state index contributed by atoms with van der Waals surface area (Å²) in [5.74, 6) is -0.592. The van der Waals surface area contributed by atoms with Crippen LogP contribution in [0.3, 0.4) is 0 Å². The van der Waals surface area contributed by atoms with E-state index >= 15 is 0 Å². The minimum atomic E-state index is -4.72. The Kier molecular flexibility index (Phi) is 4.21. The van der Waals surface area contributed by atoms with Crippen molar-refractivity contribution in [3.8, 4) is 11.3 Å². The van der Waals surface area contributed by atoms with E-state index in [1.54, 1.807) is 24.3 Å². The Morgan fingerprint density at radius 3 is 2.65 bits per heavy atom. The molecular weight excluding hydrogens is 411 g/mol. The Balaban J connectivity index is 1.73. The van der Waals surface area contributed by atoms with Gasteiger partial charge in [-0.05, 0) is 16.8 Å². The van der Waals surface area contributed by atoms with Gasteiger partial charge in [0.25, 0.3) is 5.91 Å². The van der Waals surface area contributed by atoms with Gasteiger partial charge in [-0.2, -0.15) is 18.3 Å². The first-order chi connectivity index (χ1) is 14.9. The van der Waals surface area contributed by atoms with Crippen LogP contribution < -0.4 is 5.32 Å². The smallest absolute Gasteiger partial charge is 0.363 e. The predicted octanol–water partition coefficient (Wildman–Crippen LogP) is 4.81. The van der Waals surface area contributed by atoms with Gasteiger partial charge in [0, 0.05) is 11.6 Å². The fourth-order valence-electron chi connectivity index (χ4n) is 3.37. The predicted molar refractivity (Wildman–Crippen MR) is 105 cm³/mol. The van der Waals surface area contributed by atoms with Gasteiger partial charge in [0.2, 0.25) is 0 Å². The molecule has 2 aromatic carbocycles. The number of aromatic nitrogens is 4. The third-order valence-corrected chi connectivity index (χ3v) is 4.75. The van der Waals surface area contributed by atoms with Crippen LogP contribution >= 0.6 is 0 Å². The van der Waals surface area contributed by atoms with Gasteiger partial charge in [0.1, 0.15) is 11.8 Å². The summed E-state index contributed by atoms with van der Waals surface area (Å²) in [5, 5.41) is 11.4. The number of nitrogens with zero attached hydrogens (tertiary/aromatic N) is 4. The standard InChI is InChI=1S/C21H12F3N5O2/c22-21(23,24)17-10-16(14-7-3-5-12-4-1-2-6-13(12)14)26-19-15(11-25-29(17)19)20(30)27-18-8-9-31-28-18/h1-11H,(H,27,28,30). The van der Waals surface area contributed by atoms with Crippen molar-refractivity contribution in [1.82, 2.24) is 19.8 Å². The van der Waals surface area contributed by atoms with E-state index in [1.165, 1.54) is 12.3 Å². The zero-order valence-electron chi connectivity index (χ0n) is 15.6. The average molecular weight is 423 g/mol. The quantitative estimate of drug-likeness (QED) is 0.450. The molecule has 0 aliphatic rings. The fourth-order valence-corrected chi connectivity index (χ4v) is 3.37. The van der Waals surface area contributed by atoms with Crippen molar-refractivity contribution in [1.29, 1.82) is 0 Å². The van der Waals surface area contributed by atoms with Crippen LogP contribution in [0.4, 0.5) is 19.0 Å². The number of halogens is 3. The third-order valence-electron chi connectivity index (χ3n) is 4.75. The molecular formula is C21H12F3N5O2. The molecule has 31 heavy (non-hydrogen) atoms. The number of rotatable bonds is 3. The van der Waals surface area contributed by atoms with Crippen LogP contribution in [-0.4, -0.2) is 25.7 Å². The van der Waals surface area contributed by atoms with Gasteiger partial charge < -0.3 is 9.84 Å². The highest BCUT2D eigenvalue weighted by molar-refractivity contribution is 6.08. The number of nitrogens with one attached hydrogen (secondary N) is 1. The Morgan fingerprint density at radius 2 is 1.87 bits per heavy atom. The second-order valence-electron chi connectivity index (χ2n) is 6.68. The van der Waals surface area contributed by atoms with Crippen molar-refractivity contribution in [2.75, 3.05) is 5.32 Å². The molecule has 0 radical (unpaired) electrons. The van der Waals surface area contributed by atoms with E-state index in [2.05, 4.69) is 25.1 Å². The van der Waals surface area contributed by atoms with E-state index < -0.39 is 17.8 Å². The molecule has 0 unspecified atom stereocenters. The molecule has 3 heterocycles. The number of anilines is 1. The van der Waals surface area contributed by atoms with E-state index in [0.717, 1.165) is 23.0 Å². The van der Waals surface area contributed by atoms with E-state index in [4.69, 9.17) is 0 Å². The van der Waals surface area contributed by atoms with Crippen LogP contribution in [0.1, 0.15) is 16.1 Å². The summed E-state index contributed by atoms with van der Waals surface area (Å²) < 4.78 is 46.8. The lowest BCUT2D eigenvalue weighted by atomic mass is 10.0. The normalized spacial score (nSPS) is 11.8. The van der Waals surface area contributed by atoms with Crippen molar-refractivity contribution in [3.05, 3.63) is 78.3 Å². The number of amides is 1. The van der Waals surface area contributed by atoms with Gasteiger partial charge in [0.05, 0.1) is 11.9 Å². The Hall–Kier alpha value is -4.21. The average Bonchev–Trinajstić information content (AvgIpc) is 3.41. The first-order valence-corrected chi connectivity index (χ1v) is 9.07. The van der Waals surface area contributed by atoms with Gasteiger partial charge in [-0.3, -0.25) is 4.79 Å². The molecule has 0 saturated carbocycles. The lowest BCUT2D eigenvalue weighted by molar-refractivity contribution is -0.142. The van der Waals surface area contributed by atoms with Gasteiger partial charge in [-0.25, -0.2) is 9.50 Å². The van der Waals surface area contributed by atoms with Crippen molar-refractivity contribution < 1.29 is 22.5 Å². The zero-order valence-corrected chi connectivity index (χ0v) is 15.6. The molecule has 7 nitrogen and oxygen atoms in total. The molecule has 0 fully saturated rings. The lowest BCUT2D eigenvalue weighted by Gasteiger charge is -2.13. The maximum atomic E-state index is 13.8. The Morgan fingerprint density at radius 1 is 1.06 bits per heavy atom. The van der Waals surface area contributed by atoms with Crippen LogP contribution in [0, 0.1) is 0 Å². The largest absolute Gasteiger partial charge is 0.433 e. The fraction of sp³-hybridized carbons (Fsp3) is 0.0476. The van der Waals surface area contributed by atoms with Crippen molar-refractivity contribution in [2.45, 2.75) is 6.18 Å². The number of fused-ring (bicyclic) bond motifs is 2. The molecule has 0 atom stereocenters. The first-order valence-electron chi connectivity index (χ1n) is 9.07. The molecule has 0 saturated heterocycles. The highest BCUT2D eigenvalue weighted by atomic mass is 19.4. The minimum absolute atomic E-state index is 0.0765. The topological polar surface area (TPSA) is 85.3 Å². The molecule has 0 aliphatic heterocycles. The second-order valence-corrected chi connectivity index (χ2v) is 6.68. The van der Waals surface area contributed by atoms with Crippen LogP contribution in [0.25, 0.3) is 27.7 Å². The second kappa shape index (κ2) is 6.94. The first kappa shape index (κ1) is 18.8. The molecule has 5 rings (SSSR count). The summed E-state index contributed by atoms with van der Waals surface area (Å²) in [4.78, 5) is 17.0. The van der Waals surface area contributed by atoms with Crippen molar-refractivity contribution >= 4 is 28.1 Å².